The molecular weight excluding hydrogens is 222 g/mol. The summed E-state index contributed by atoms with van der Waals surface area (Å²) in [6.07, 6.45) is -0.435. The van der Waals surface area contributed by atoms with Gasteiger partial charge in [-0.3, -0.25) is 0 Å². The van der Waals surface area contributed by atoms with Gasteiger partial charge < -0.3 is 18.9 Å². The molecule has 5 heteroatoms. The molecule has 1 rings (SSSR count). The van der Waals surface area contributed by atoms with Crippen molar-refractivity contribution >= 4 is 0 Å². The van der Waals surface area contributed by atoms with Crippen molar-refractivity contribution in [3.8, 4) is 17.6 Å². The highest BCUT2D eigenvalue weighted by Crippen LogP contribution is 2.27. The SMILES string of the molecule is COc1cc(C#N)ccc1OCC(OC)OC. The molecule has 0 saturated heterocycles. The maximum absolute atomic E-state index is 8.76. The molecule has 5 nitrogen and oxygen atoms in total. The van der Waals surface area contributed by atoms with Gasteiger partial charge in [-0.05, 0) is 12.1 Å². The highest BCUT2D eigenvalue weighted by atomic mass is 16.7. The zero-order valence-electron chi connectivity index (χ0n) is 10.1. The highest BCUT2D eigenvalue weighted by Gasteiger charge is 2.10. The number of hydrogen-bond donors (Lipinski definition) is 0. The standard InChI is InChI=1S/C12H15NO4/c1-14-11-6-9(7-13)4-5-10(11)17-8-12(15-2)16-3/h4-6,12H,8H2,1-3H3. The van der Waals surface area contributed by atoms with Crippen molar-refractivity contribution in [2.45, 2.75) is 6.29 Å². The summed E-state index contributed by atoms with van der Waals surface area (Å²) in [5.41, 5.74) is 0.518. The van der Waals surface area contributed by atoms with Crippen LogP contribution in [-0.2, 0) is 9.47 Å². The predicted molar refractivity (Wildman–Crippen MR) is 61.0 cm³/mol. The van der Waals surface area contributed by atoms with Crippen LogP contribution in [0.3, 0.4) is 0 Å². The van der Waals surface area contributed by atoms with Crippen LogP contribution in [0.2, 0.25) is 0 Å². The van der Waals surface area contributed by atoms with Crippen molar-refractivity contribution in [1.29, 1.82) is 5.26 Å². The van der Waals surface area contributed by atoms with Gasteiger partial charge in [0, 0.05) is 20.3 Å². The summed E-state index contributed by atoms with van der Waals surface area (Å²) in [5, 5.41) is 8.76. The van der Waals surface area contributed by atoms with Crippen LogP contribution < -0.4 is 9.47 Å². The monoisotopic (exact) mass is 237 g/mol. The summed E-state index contributed by atoms with van der Waals surface area (Å²) >= 11 is 0. The number of hydrogen-bond acceptors (Lipinski definition) is 5. The number of ether oxygens (including phenoxy) is 4. The van der Waals surface area contributed by atoms with E-state index in [9.17, 15) is 0 Å². The van der Waals surface area contributed by atoms with Gasteiger partial charge in [0.25, 0.3) is 0 Å². The largest absolute Gasteiger partial charge is 0.493 e. The molecule has 0 unspecified atom stereocenters. The van der Waals surface area contributed by atoms with E-state index in [1.807, 2.05) is 6.07 Å². The molecule has 0 N–H and O–H groups in total. The van der Waals surface area contributed by atoms with Gasteiger partial charge in [-0.15, -0.1) is 0 Å². The Balaban J connectivity index is 2.74. The molecule has 0 aliphatic carbocycles. The summed E-state index contributed by atoms with van der Waals surface area (Å²) in [6, 6.07) is 6.99. The van der Waals surface area contributed by atoms with E-state index in [1.165, 1.54) is 21.3 Å². The van der Waals surface area contributed by atoms with Crippen LogP contribution in [0, 0.1) is 11.3 Å². The van der Waals surface area contributed by atoms with E-state index in [4.69, 9.17) is 24.2 Å². The Morgan fingerprint density at radius 2 is 1.88 bits per heavy atom. The Bertz CT molecular complexity index is 396. The van der Waals surface area contributed by atoms with Gasteiger partial charge in [-0.25, -0.2) is 0 Å². The van der Waals surface area contributed by atoms with Gasteiger partial charge in [-0.1, -0.05) is 0 Å². The molecule has 1 aromatic carbocycles. The fourth-order valence-corrected chi connectivity index (χ4v) is 1.25. The van der Waals surface area contributed by atoms with Crippen molar-refractivity contribution in [1.82, 2.24) is 0 Å². The third-order valence-corrected chi connectivity index (χ3v) is 2.19. The predicted octanol–water partition coefficient (Wildman–Crippen LogP) is 1.56. The Labute approximate surface area is 100 Å². The minimum absolute atomic E-state index is 0.245. The van der Waals surface area contributed by atoms with Crippen LogP contribution in [0.4, 0.5) is 0 Å². The third kappa shape index (κ3) is 3.63. The zero-order chi connectivity index (χ0) is 12.7. The zero-order valence-corrected chi connectivity index (χ0v) is 10.1. The van der Waals surface area contributed by atoms with Crippen LogP contribution in [-0.4, -0.2) is 34.2 Å². The highest BCUT2D eigenvalue weighted by molar-refractivity contribution is 5.46. The molecule has 0 heterocycles. The molecule has 0 aromatic heterocycles. The Kier molecular flexibility index (Phi) is 5.27. The molecule has 0 radical (unpaired) electrons. The summed E-state index contributed by atoms with van der Waals surface area (Å²) in [5.74, 6) is 1.06. The lowest BCUT2D eigenvalue weighted by atomic mass is 10.2. The lowest BCUT2D eigenvalue weighted by molar-refractivity contribution is -0.122. The molecule has 1 aromatic rings. The topological polar surface area (TPSA) is 60.7 Å². The van der Waals surface area contributed by atoms with Crippen LogP contribution in [0.1, 0.15) is 5.56 Å². The van der Waals surface area contributed by atoms with Gasteiger partial charge >= 0.3 is 0 Å². The minimum atomic E-state index is -0.435. The molecule has 0 bridgehead atoms. The molecule has 0 atom stereocenters. The smallest absolute Gasteiger partial charge is 0.191 e. The van der Waals surface area contributed by atoms with Crippen LogP contribution >= 0.6 is 0 Å². The number of methoxy groups -OCH3 is 3. The second-order valence-electron chi connectivity index (χ2n) is 3.19. The van der Waals surface area contributed by atoms with Crippen molar-refractivity contribution in [3.05, 3.63) is 23.8 Å². The van der Waals surface area contributed by atoms with E-state index in [2.05, 4.69) is 0 Å². The number of benzene rings is 1. The second kappa shape index (κ2) is 6.74. The van der Waals surface area contributed by atoms with E-state index in [1.54, 1.807) is 18.2 Å². The van der Waals surface area contributed by atoms with Crippen LogP contribution in [0.15, 0.2) is 18.2 Å². The normalized spacial score (nSPS) is 10.1. The summed E-state index contributed by atoms with van der Waals surface area (Å²) in [7, 11) is 4.59. The first kappa shape index (κ1) is 13.3. The molecule has 92 valence electrons. The van der Waals surface area contributed by atoms with Crippen LogP contribution in [0.25, 0.3) is 0 Å². The Morgan fingerprint density at radius 1 is 1.18 bits per heavy atom. The van der Waals surface area contributed by atoms with E-state index in [-0.39, 0.29) is 6.61 Å². The van der Waals surface area contributed by atoms with Crippen LogP contribution in [0.5, 0.6) is 11.5 Å². The number of rotatable bonds is 6. The summed E-state index contributed by atoms with van der Waals surface area (Å²) in [4.78, 5) is 0. The molecule has 17 heavy (non-hydrogen) atoms. The van der Waals surface area contributed by atoms with Crippen molar-refractivity contribution in [2.75, 3.05) is 27.9 Å². The van der Waals surface area contributed by atoms with Crippen molar-refractivity contribution < 1.29 is 18.9 Å². The molecule has 0 saturated carbocycles. The second-order valence-corrected chi connectivity index (χ2v) is 3.19. The molecule has 0 fully saturated rings. The van der Waals surface area contributed by atoms with Gasteiger partial charge in [-0.2, -0.15) is 5.26 Å². The van der Waals surface area contributed by atoms with E-state index >= 15 is 0 Å². The Morgan fingerprint density at radius 3 is 2.41 bits per heavy atom. The fourth-order valence-electron chi connectivity index (χ4n) is 1.25. The summed E-state index contributed by atoms with van der Waals surface area (Å²) in [6.45, 7) is 0.245. The average Bonchev–Trinajstić information content (AvgIpc) is 2.39. The third-order valence-electron chi connectivity index (χ3n) is 2.19. The van der Waals surface area contributed by atoms with Crippen molar-refractivity contribution in [3.63, 3.8) is 0 Å². The number of nitriles is 1. The van der Waals surface area contributed by atoms with Crippen molar-refractivity contribution in [2.24, 2.45) is 0 Å². The first-order valence-corrected chi connectivity index (χ1v) is 5.01. The first-order chi connectivity index (χ1) is 8.24. The van der Waals surface area contributed by atoms with Gasteiger partial charge in [0.15, 0.2) is 17.8 Å². The number of nitrogens with zero attached hydrogens (tertiary/aromatic N) is 1. The van der Waals surface area contributed by atoms with E-state index in [0.29, 0.717) is 17.1 Å². The summed E-state index contributed by atoms with van der Waals surface area (Å²) < 4.78 is 20.6. The lowest BCUT2D eigenvalue weighted by Crippen LogP contribution is -2.22. The first-order valence-electron chi connectivity index (χ1n) is 5.01. The molecule has 0 amide bonds. The maximum Gasteiger partial charge on any atom is 0.191 e. The van der Waals surface area contributed by atoms with Gasteiger partial charge in [0.1, 0.15) is 6.61 Å². The quantitative estimate of drug-likeness (QED) is 0.703. The fraction of sp³-hybridized carbons (Fsp3) is 0.417. The molecule has 0 aliphatic heterocycles. The molecular formula is C12H15NO4. The minimum Gasteiger partial charge on any atom is -0.493 e. The average molecular weight is 237 g/mol. The lowest BCUT2D eigenvalue weighted by Gasteiger charge is -2.16. The molecule has 0 aliphatic rings. The Hall–Kier alpha value is -1.77. The molecule has 0 spiro atoms. The van der Waals surface area contributed by atoms with Gasteiger partial charge in [0.05, 0.1) is 18.7 Å². The van der Waals surface area contributed by atoms with Gasteiger partial charge in [0.2, 0.25) is 0 Å². The van der Waals surface area contributed by atoms with E-state index in [0.717, 1.165) is 0 Å². The maximum atomic E-state index is 8.76. The van der Waals surface area contributed by atoms with E-state index < -0.39 is 6.29 Å².